The number of aliphatic hydroxyl groups excluding tert-OH is 1. The van der Waals surface area contributed by atoms with Crippen LogP contribution in [-0.2, 0) is 13.0 Å². The lowest BCUT2D eigenvalue weighted by molar-refractivity contribution is 0.0683. The summed E-state index contributed by atoms with van der Waals surface area (Å²) in [7, 11) is 1.63. The number of aliphatic hydroxyl groups is 1. The molecule has 4 rings (SSSR count). The number of nitrogens with one attached hydrogen (secondary N) is 2. The van der Waals surface area contributed by atoms with Crippen LogP contribution < -0.4 is 0 Å². The van der Waals surface area contributed by atoms with Gasteiger partial charge in [0.2, 0.25) is 0 Å². The van der Waals surface area contributed by atoms with Crippen molar-refractivity contribution in [3.8, 4) is 0 Å². The first-order valence-corrected chi connectivity index (χ1v) is 9.30. The van der Waals surface area contributed by atoms with Crippen molar-refractivity contribution in [1.29, 1.82) is 0 Å². The number of fused-ring (bicyclic) bond motifs is 2. The molecule has 1 atom stereocenters. The maximum absolute atomic E-state index is 13.0. The first-order chi connectivity index (χ1) is 13.4. The molecule has 3 aromatic rings. The summed E-state index contributed by atoms with van der Waals surface area (Å²) in [6.07, 6.45) is -0.00868. The Hall–Kier alpha value is -3.13. The number of hydrogen-bond donors (Lipinski definition) is 3. The summed E-state index contributed by atoms with van der Waals surface area (Å²) in [6, 6.07) is 9.61. The first-order valence-electron chi connectivity index (χ1n) is 9.30. The molecule has 146 valence electrons. The number of hydrogen-bond acceptors (Lipinski definition) is 4. The molecule has 8 heteroatoms. The minimum absolute atomic E-state index is 0.0983. The summed E-state index contributed by atoms with van der Waals surface area (Å²) in [6.45, 7) is 2.73. The molecule has 0 aliphatic carbocycles. The molecule has 2 amide bonds. The number of para-hydroxylation sites is 1. The van der Waals surface area contributed by atoms with Crippen LogP contribution in [0.3, 0.4) is 0 Å². The zero-order valence-electron chi connectivity index (χ0n) is 15.9. The van der Waals surface area contributed by atoms with Gasteiger partial charge in [-0.3, -0.25) is 14.7 Å². The molecule has 1 aromatic carbocycles. The molecule has 0 bridgehead atoms. The monoisotopic (exact) mass is 381 g/mol. The van der Waals surface area contributed by atoms with Crippen molar-refractivity contribution in [1.82, 2.24) is 25.0 Å². The topological polar surface area (TPSA) is 105 Å². The van der Waals surface area contributed by atoms with E-state index in [1.165, 1.54) is 4.90 Å². The number of nitrogens with zero attached hydrogens (tertiary/aromatic N) is 3. The summed E-state index contributed by atoms with van der Waals surface area (Å²) in [5, 5.41) is 17.6. The lowest BCUT2D eigenvalue weighted by Gasteiger charge is -2.27. The fourth-order valence-electron chi connectivity index (χ4n) is 3.66. The van der Waals surface area contributed by atoms with Crippen molar-refractivity contribution in [2.24, 2.45) is 0 Å². The van der Waals surface area contributed by atoms with Gasteiger partial charge in [-0.05, 0) is 19.1 Å². The van der Waals surface area contributed by atoms with Gasteiger partial charge >= 0.3 is 0 Å². The maximum atomic E-state index is 13.0. The number of carbonyl (C=O) groups is 2. The SMILES string of the molecule is CC(O)CN(C)C(=O)c1n[nH]c2c1CN(C(=O)c1cc3ccccc3[nH]1)CC2. The number of benzene rings is 1. The average molecular weight is 381 g/mol. The number of aromatic amines is 2. The zero-order chi connectivity index (χ0) is 19.8. The van der Waals surface area contributed by atoms with Crippen LogP contribution in [0.15, 0.2) is 30.3 Å². The van der Waals surface area contributed by atoms with Crippen LogP contribution in [0.5, 0.6) is 0 Å². The number of aromatic nitrogens is 3. The van der Waals surface area contributed by atoms with E-state index in [0.717, 1.165) is 22.2 Å². The summed E-state index contributed by atoms with van der Waals surface area (Å²) < 4.78 is 0. The van der Waals surface area contributed by atoms with Gasteiger partial charge in [-0.25, -0.2) is 0 Å². The van der Waals surface area contributed by atoms with E-state index in [1.807, 2.05) is 30.3 Å². The number of likely N-dealkylation sites (N-methyl/N-ethyl adjacent to an activating group) is 1. The Morgan fingerprint density at radius 1 is 1.36 bits per heavy atom. The van der Waals surface area contributed by atoms with E-state index in [9.17, 15) is 14.7 Å². The fraction of sp³-hybridized carbons (Fsp3) is 0.350. The van der Waals surface area contributed by atoms with Gasteiger partial charge in [-0.15, -0.1) is 0 Å². The van der Waals surface area contributed by atoms with Crippen LogP contribution in [0.25, 0.3) is 10.9 Å². The molecule has 0 fully saturated rings. The Balaban J connectivity index is 1.56. The summed E-state index contributed by atoms with van der Waals surface area (Å²) in [5.41, 5.74) is 3.40. The fourth-order valence-corrected chi connectivity index (χ4v) is 3.66. The minimum Gasteiger partial charge on any atom is -0.392 e. The lowest BCUT2D eigenvalue weighted by Crippen LogP contribution is -2.38. The highest BCUT2D eigenvalue weighted by molar-refractivity contribution is 5.98. The molecular weight excluding hydrogens is 358 g/mol. The summed E-state index contributed by atoms with van der Waals surface area (Å²) in [4.78, 5) is 32.0. The standard InChI is InChI=1S/C20H23N5O3/c1-12(26)10-24(2)20(28)18-14-11-25(8-7-16(14)22-23-18)19(27)17-9-13-5-3-4-6-15(13)21-17/h3-6,9,12,21,26H,7-8,10-11H2,1-2H3,(H,22,23). The Morgan fingerprint density at radius 3 is 2.89 bits per heavy atom. The molecule has 0 saturated carbocycles. The van der Waals surface area contributed by atoms with Crippen molar-refractivity contribution in [2.45, 2.75) is 26.0 Å². The molecule has 1 unspecified atom stereocenters. The van der Waals surface area contributed by atoms with E-state index in [2.05, 4.69) is 15.2 Å². The maximum Gasteiger partial charge on any atom is 0.274 e. The minimum atomic E-state index is -0.621. The molecule has 1 aliphatic rings. The molecule has 0 spiro atoms. The number of rotatable bonds is 4. The number of carbonyl (C=O) groups excluding carboxylic acids is 2. The Kier molecular flexibility index (Phi) is 4.64. The second-order valence-corrected chi connectivity index (χ2v) is 7.31. The van der Waals surface area contributed by atoms with Crippen molar-refractivity contribution in [3.63, 3.8) is 0 Å². The number of amides is 2. The predicted molar refractivity (Wildman–Crippen MR) is 104 cm³/mol. The van der Waals surface area contributed by atoms with Gasteiger partial charge in [0.1, 0.15) is 5.69 Å². The second kappa shape index (κ2) is 7.12. The molecule has 0 saturated heterocycles. The van der Waals surface area contributed by atoms with Crippen molar-refractivity contribution in [3.05, 3.63) is 53.0 Å². The van der Waals surface area contributed by atoms with E-state index in [-0.39, 0.29) is 18.4 Å². The number of H-pyrrole nitrogens is 2. The highest BCUT2D eigenvalue weighted by atomic mass is 16.3. The van der Waals surface area contributed by atoms with Crippen molar-refractivity contribution >= 4 is 22.7 Å². The Bertz CT molecular complexity index is 1000. The molecule has 28 heavy (non-hydrogen) atoms. The second-order valence-electron chi connectivity index (χ2n) is 7.31. The molecule has 3 N–H and O–H groups in total. The van der Waals surface area contributed by atoms with Gasteiger partial charge in [0, 0.05) is 48.7 Å². The molecule has 3 heterocycles. The van der Waals surface area contributed by atoms with E-state index >= 15 is 0 Å². The Labute approximate surface area is 162 Å². The molecule has 2 aromatic heterocycles. The highest BCUT2D eigenvalue weighted by Gasteiger charge is 2.30. The van der Waals surface area contributed by atoms with Crippen LogP contribution in [0.4, 0.5) is 0 Å². The van der Waals surface area contributed by atoms with Gasteiger partial charge < -0.3 is 19.9 Å². The largest absolute Gasteiger partial charge is 0.392 e. The van der Waals surface area contributed by atoms with Crippen LogP contribution >= 0.6 is 0 Å². The van der Waals surface area contributed by atoms with Crippen LogP contribution in [-0.4, -0.2) is 68.1 Å². The summed E-state index contributed by atoms with van der Waals surface area (Å²) >= 11 is 0. The molecule has 0 radical (unpaired) electrons. The predicted octanol–water partition coefficient (Wildman–Crippen LogP) is 1.54. The summed E-state index contributed by atoms with van der Waals surface area (Å²) in [5.74, 6) is -0.364. The van der Waals surface area contributed by atoms with E-state index < -0.39 is 6.10 Å². The third kappa shape index (κ3) is 3.27. The lowest BCUT2D eigenvalue weighted by atomic mass is 10.0. The van der Waals surface area contributed by atoms with E-state index in [1.54, 1.807) is 18.9 Å². The Morgan fingerprint density at radius 2 is 2.14 bits per heavy atom. The average Bonchev–Trinajstić information content (AvgIpc) is 3.29. The first kappa shape index (κ1) is 18.2. The van der Waals surface area contributed by atoms with Gasteiger partial charge in [0.05, 0.1) is 12.6 Å². The molecule has 1 aliphatic heterocycles. The highest BCUT2D eigenvalue weighted by Crippen LogP contribution is 2.24. The van der Waals surface area contributed by atoms with Crippen molar-refractivity contribution < 1.29 is 14.7 Å². The smallest absolute Gasteiger partial charge is 0.274 e. The van der Waals surface area contributed by atoms with E-state index in [0.29, 0.717) is 30.9 Å². The zero-order valence-corrected chi connectivity index (χ0v) is 15.9. The normalized spacial score (nSPS) is 14.8. The third-order valence-corrected chi connectivity index (χ3v) is 5.07. The van der Waals surface area contributed by atoms with Crippen LogP contribution in [0.1, 0.15) is 39.2 Å². The van der Waals surface area contributed by atoms with Crippen molar-refractivity contribution in [2.75, 3.05) is 20.1 Å². The van der Waals surface area contributed by atoms with Gasteiger partial charge in [-0.1, -0.05) is 18.2 Å². The van der Waals surface area contributed by atoms with Crippen LogP contribution in [0, 0.1) is 0 Å². The molecule has 8 nitrogen and oxygen atoms in total. The van der Waals surface area contributed by atoms with Gasteiger partial charge in [0.15, 0.2) is 5.69 Å². The van der Waals surface area contributed by atoms with Gasteiger partial charge in [-0.2, -0.15) is 5.10 Å². The van der Waals surface area contributed by atoms with E-state index in [4.69, 9.17) is 0 Å². The molecular formula is C20H23N5O3. The third-order valence-electron chi connectivity index (χ3n) is 5.07. The van der Waals surface area contributed by atoms with Gasteiger partial charge in [0.25, 0.3) is 11.8 Å². The quantitative estimate of drug-likeness (QED) is 0.637. The van der Waals surface area contributed by atoms with Crippen LogP contribution in [0.2, 0.25) is 0 Å².